The molecule has 0 aliphatic heterocycles. The third kappa shape index (κ3) is 4.03. The van der Waals surface area contributed by atoms with Crippen molar-refractivity contribution < 1.29 is 4.74 Å². The van der Waals surface area contributed by atoms with E-state index in [9.17, 15) is 0 Å². The summed E-state index contributed by atoms with van der Waals surface area (Å²) in [5.74, 6) is 1.28. The molecule has 0 radical (unpaired) electrons. The molecule has 0 bridgehead atoms. The minimum absolute atomic E-state index is 0.355. The first-order valence-electron chi connectivity index (χ1n) is 8.63. The van der Waals surface area contributed by atoms with Crippen LogP contribution in [0.15, 0.2) is 10.2 Å². The van der Waals surface area contributed by atoms with Gasteiger partial charge in [0.05, 0.1) is 6.04 Å². The van der Waals surface area contributed by atoms with Gasteiger partial charge in [0.25, 0.3) is 0 Å². The summed E-state index contributed by atoms with van der Waals surface area (Å²) in [6.07, 6.45) is 13.3. The van der Waals surface area contributed by atoms with E-state index < -0.39 is 5.72 Å². The van der Waals surface area contributed by atoms with Crippen LogP contribution in [-0.2, 0) is 4.74 Å². The molecular formula is C17H32N2O. The van der Waals surface area contributed by atoms with E-state index in [0.29, 0.717) is 12.0 Å². The van der Waals surface area contributed by atoms with E-state index in [1.54, 1.807) is 7.11 Å². The fourth-order valence-electron chi connectivity index (χ4n) is 3.84. The van der Waals surface area contributed by atoms with Crippen molar-refractivity contribution in [2.75, 3.05) is 7.11 Å². The average Bonchev–Trinajstić information content (AvgIpc) is 2.54. The van der Waals surface area contributed by atoms with Crippen LogP contribution in [0.25, 0.3) is 0 Å². The van der Waals surface area contributed by atoms with Crippen molar-refractivity contribution in [3.05, 3.63) is 0 Å². The van der Waals surface area contributed by atoms with E-state index in [1.165, 1.54) is 64.2 Å². The number of hydrogen-bond acceptors (Lipinski definition) is 3. The first-order valence-corrected chi connectivity index (χ1v) is 8.63. The van der Waals surface area contributed by atoms with Gasteiger partial charge in [0.2, 0.25) is 0 Å². The van der Waals surface area contributed by atoms with E-state index in [1.807, 2.05) is 0 Å². The van der Waals surface area contributed by atoms with Crippen LogP contribution in [0.2, 0.25) is 0 Å². The standard InChI is InChI=1S/C17H32N2O/c1-14(15-10-6-4-7-11-15)18-19-17(2,20-3)16-12-8-5-9-13-16/h14-16H,4-13H2,1-3H3. The molecule has 0 aromatic rings. The molecule has 2 aliphatic carbocycles. The molecule has 0 heterocycles. The Balaban J connectivity index is 1.94. The second kappa shape index (κ2) is 7.53. The molecule has 0 N–H and O–H groups in total. The topological polar surface area (TPSA) is 34.0 Å². The number of methoxy groups -OCH3 is 1. The summed E-state index contributed by atoms with van der Waals surface area (Å²) in [6, 6.07) is 0.355. The largest absolute Gasteiger partial charge is 0.355 e. The fourth-order valence-corrected chi connectivity index (χ4v) is 3.84. The number of nitrogens with zero attached hydrogens (tertiary/aromatic N) is 2. The van der Waals surface area contributed by atoms with Gasteiger partial charge in [-0.25, -0.2) is 0 Å². The van der Waals surface area contributed by atoms with Gasteiger partial charge < -0.3 is 4.74 Å². The number of hydrogen-bond donors (Lipinski definition) is 0. The first-order chi connectivity index (χ1) is 9.65. The van der Waals surface area contributed by atoms with E-state index in [0.717, 1.165) is 5.92 Å². The molecule has 3 nitrogen and oxygen atoms in total. The van der Waals surface area contributed by atoms with Crippen molar-refractivity contribution in [3.8, 4) is 0 Å². The summed E-state index contributed by atoms with van der Waals surface area (Å²) < 4.78 is 5.75. The van der Waals surface area contributed by atoms with Gasteiger partial charge in [0.15, 0.2) is 5.72 Å². The lowest BCUT2D eigenvalue weighted by molar-refractivity contribution is -0.0549. The van der Waals surface area contributed by atoms with E-state index in [-0.39, 0.29) is 0 Å². The molecule has 0 aromatic carbocycles. The third-order valence-corrected chi connectivity index (χ3v) is 5.55. The zero-order chi connectivity index (χ0) is 14.4. The van der Waals surface area contributed by atoms with Crippen molar-refractivity contribution in [2.45, 2.75) is 89.8 Å². The predicted octanol–water partition coefficient (Wildman–Crippen LogP) is 5.35. The smallest absolute Gasteiger partial charge is 0.178 e. The molecule has 2 rings (SSSR count). The molecule has 2 unspecified atom stereocenters. The Kier molecular flexibility index (Phi) is 6.01. The van der Waals surface area contributed by atoms with Gasteiger partial charge in [-0.1, -0.05) is 38.5 Å². The molecule has 3 heteroatoms. The number of azo groups is 1. The van der Waals surface area contributed by atoms with Gasteiger partial charge in [0, 0.05) is 13.0 Å². The highest BCUT2D eigenvalue weighted by Gasteiger charge is 2.35. The second-order valence-electron chi connectivity index (χ2n) is 6.95. The van der Waals surface area contributed by atoms with Gasteiger partial charge in [-0.05, 0) is 45.4 Å². The van der Waals surface area contributed by atoms with Crippen LogP contribution in [-0.4, -0.2) is 18.9 Å². The maximum absolute atomic E-state index is 5.75. The van der Waals surface area contributed by atoms with Crippen LogP contribution in [0.1, 0.15) is 78.1 Å². The SMILES string of the molecule is COC(C)(N=NC(C)C1CCCCC1)C1CCCCC1. The van der Waals surface area contributed by atoms with Crippen LogP contribution in [0.3, 0.4) is 0 Å². The highest BCUT2D eigenvalue weighted by molar-refractivity contribution is 4.84. The Morgan fingerprint density at radius 3 is 2.05 bits per heavy atom. The Morgan fingerprint density at radius 1 is 0.950 bits per heavy atom. The molecule has 2 aliphatic rings. The highest BCUT2D eigenvalue weighted by atomic mass is 16.5. The van der Waals surface area contributed by atoms with Crippen LogP contribution in [0.5, 0.6) is 0 Å². The first kappa shape index (κ1) is 15.9. The molecule has 116 valence electrons. The second-order valence-corrected chi connectivity index (χ2v) is 6.95. The van der Waals surface area contributed by atoms with Gasteiger partial charge in [0.1, 0.15) is 0 Å². The zero-order valence-electron chi connectivity index (χ0n) is 13.6. The summed E-state index contributed by atoms with van der Waals surface area (Å²) in [5.41, 5.74) is -0.399. The Morgan fingerprint density at radius 2 is 1.50 bits per heavy atom. The maximum Gasteiger partial charge on any atom is 0.178 e. The van der Waals surface area contributed by atoms with E-state index >= 15 is 0 Å². The predicted molar refractivity (Wildman–Crippen MR) is 82.9 cm³/mol. The van der Waals surface area contributed by atoms with Gasteiger partial charge in [-0.2, -0.15) is 10.2 Å². The fraction of sp³-hybridized carbons (Fsp3) is 1.00. The van der Waals surface area contributed by atoms with Crippen LogP contribution < -0.4 is 0 Å². The Hall–Kier alpha value is -0.440. The molecule has 2 fully saturated rings. The van der Waals surface area contributed by atoms with Crippen molar-refractivity contribution >= 4 is 0 Å². The third-order valence-electron chi connectivity index (χ3n) is 5.55. The highest BCUT2D eigenvalue weighted by Crippen LogP contribution is 2.36. The van der Waals surface area contributed by atoms with Crippen molar-refractivity contribution in [1.82, 2.24) is 0 Å². The monoisotopic (exact) mass is 280 g/mol. The number of ether oxygens (including phenoxy) is 1. The van der Waals surface area contributed by atoms with Crippen LogP contribution in [0, 0.1) is 11.8 Å². The number of rotatable bonds is 5. The van der Waals surface area contributed by atoms with E-state index in [2.05, 4.69) is 24.1 Å². The minimum atomic E-state index is -0.399. The molecule has 2 atom stereocenters. The van der Waals surface area contributed by atoms with Crippen molar-refractivity contribution in [1.29, 1.82) is 0 Å². The molecular weight excluding hydrogens is 248 g/mol. The zero-order valence-corrected chi connectivity index (χ0v) is 13.6. The lowest BCUT2D eigenvalue weighted by Gasteiger charge is -2.35. The molecule has 20 heavy (non-hydrogen) atoms. The lowest BCUT2D eigenvalue weighted by atomic mass is 9.82. The Labute approximate surface area is 124 Å². The summed E-state index contributed by atoms with van der Waals surface area (Å²) >= 11 is 0. The maximum atomic E-state index is 5.75. The van der Waals surface area contributed by atoms with Gasteiger partial charge in [-0.3, -0.25) is 0 Å². The summed E-state index contributed by atoms with van der Waals surface area (Å²) in [7, 11) is 1.79. The minimum Gasteiger partial charge on any atom is -0.355 e. The lowest BCUT2D eigenvalue weighted by Crippen LogP contribution is -2.36. The molecule has 0 amide bonds. The summed E-state index contributed by atoms with van der Waals surface area (Å²) in [6.45, 7) is 4.36. The average molecular weight is 280 g/mol. The van der Waals surface area contributed by atoms with Crippen LogP contribution >= 0.6 is 0 Å². The Bertz CT molecular complexity index is 306. The van der Waals surface area contributed by atoms with Gasteiger partial charge in [-0.15, -0.1) is 0 Å². The van der Waals surface area contributed by atoms with E-state index in [4.69, 9.17) is 4.74 Å². The molecule has 2 saturated carbocycles. The normalized spacial score (nSPS) is 27.6. The van der Waals surface area contributed by atoms with Crippen molar-refractivity contribution in [3.63, 3.8) is 0 Å². The molecule has 0 saturated heterocycles. The van der Waals surface area contributed by atoms with Crippen molar-refractivity contribution in [2.24, 2.45) is 22.1 Å². The van der Waals surface area contributed by atoms with Crippen LogP contribution in [0.4, 0.5) is 0 Å². The summed E-state index contributed by atoms with van der Waals surface area (Å²) in [5, 5.41) is 9.34. The molecule has 0 aromatic heterocycles. The van der Waals surface area contributed by atoms with Gasteiger partial charge >= 0.3 is 0 Å². The molecule has 0 spiro atoms. The summed E-state index contributed by atoms with van der Waals surface area (Å²) in [4.78, 5) is 0. The quantitative estimate of drug-likeness (QED) is 0.625.